The topological polar surface area (TPSA) is 42.4 Å². The predicted octanol–water partition coefficient (Wildman–Crippen LogP) is 1.98. The molecule has 0 aliphatic carbocycles. The Kier molecular flexibility index (Phi) is 3.95. The van der Waals surface area contributed by atoms with Crippen LogP contribution >= 0.6 is 11.8 Å². The van der Waals surface area contributed by atoms with Gasteiger partial charge in [-0.15, -0.1) is 0 Å². The summed E-state index contributed by atoms with van der Waals surface area (Å²) < 4.78 is 5.72. The number of nitrogens with zero attached hydrogens (tertiary/aromatic N) is 1. The maximum Gasteiger partial charge on any atom is 0.120 e. The van der Waals surface area contributed by atoms with Crippen molar-refractivity contribution >= 4 is 11.8 Å². The molecule has 1 aliphatic rings. The number of aryl methyl sites for hydroxylation is 1. The van der Waals surface area contributed by atoms with E-state index in [1.807, 2.05) is 11.8 Å². The van der Waals surface area contributed by atoms with E-state index in [4.69, 9.17) is 10.2 Å². The number of hydrogen-bond donors (Lipinski definition) is 1. The van der Waals surface area contributed by atoms with Crippen LogP contribution in [0, 0.1) is 6.92 Å². The Balaban J connectivity index is 1.97. The highest BCUT2D eigenvalue weighted by molar-refractivity contribution is 7.99. The number of nitrogens with two attached hydrogens (primary N) is 1. The van der Waals surface area contributed by atoms with Gasteiger partial charge in [0.15, 0.2) is 0 Å². The zero-order valence-electron chi connectivity index (χ0n) is 10.0. The van der Waals surface area contributed by atoms with Gasteiger partial charge in [-0.2, -0.15) is 11.8 Å². The van der Waals surface area contributed by atoms with Gasteiger partial charge in [0, 0.05) is 11.8 Å². The van der Waals surface area contributed by atoms with Crippen molar-refractivity contribution in [1.82, 2.24) is 4.90 Å². The average Bonchev–Trinajstić information content (AvgIpc) is 2.87. The summed E-state index contributed by atoms with van der Waals surface area (Å²) in [5, 5.41) is 0. The van der Waals surface area contributed by atoms with Crippen LogP contribution in [0.2, 0.25) is 0 Å². The van der Waals surface area contributed by atoms with Crippen molar-refractivity contribution in [1.29, 1.82) is 0 Å². The van der Waals surface area contributed by atoms with E-state index in [0.717, 1.165) is 18.1 Å². The summed E-state index contributed by atoms with van der Waals surface area (Å²) in [5.74, 6) is 4.50. The molecule has 90 valence electrons. The third kappa shape index (κ3) is 2.62. The highest BCUT2D eigenvalue weighted by Gasteiger charge is 2.21. The second-order valence-electron chi connectivity index (χ2n) is 4.46. The van der Waals surface area contributed by atoms with Gasteiger partial charge in [0.05, 0.1) is 13.1 Å². The minimum absolute atomic E-state index is 0.495. The van der Waals surface area contributed by atoms with Crippen molar-refractivity contribution in [2.45, 2.75) is 32.5 Å². The molecule has 16 heavy (non-hydrogen) atoms. The molecule has 1 aromatic rings. The first-order valence-electron chi connectivity index (χ1n) is 5.77. The Bertz CT molecular complexity index is 345. The monoisotopic (exact) mass is 240 g/mol. The van der Waals surface area contributed by atoms with E-state index >= 15 is 0 Å². The molecule has 0 saturated carbocycles. The van der Waals surface area contributed by atoms with E-state index in [1.54, 1.807) is 0 Å². The smallest absolute Gasteiger partial charge is 0.120 e. The summed E-state index contributed by atoms with van der Waals surface area (Å²) in [5.41, 5.74) is 6.78. The second kappa shape index (κ2) is 5.25. The molecular weight excluding hydrogens is 220 g/mol. The van der Waals surface area contributed by atoms with Crippen LogP contribution in [0.3, 0.4) is 0 Å². The van der Waals surface area contributed by atoms with Gasteiger partial charge in [-0.1, -0.05) is 0 Å². The summed E-state index contributed by atoms with van der Waals surface area (Å²) in [6.07, 6.45) is 1.30. The standard InChI is InChI=1S/C12H20N2OS/c1-9-5-11(15-12(9)6-13)7-14(2)10-3-4-16-8-10/h5,10H,3-4,6-8,13H2,1-2H3. The third-order valence-electron chi connectivity index (χ3n) is 3.19. The summed E-state index contributed by atoms with van der Waals surface area (Å²) in [4.78, 5) is 2.39. The first-order valence-corrected chi connectivity index (χ1v) is 6.92. The zero-order valence-corrected chi connectivity index (χ0v) is 10.8. The summed E-state index contributed by atoms with van der Waals surface area (Å²) >= 11 is 2.04. The molecule has 0 spiro atoms. The van der Waals surface area contributed by atoms with Crippen molar-refractivity contribution < 1.29 is 4.42 Å². The number of hydrogen-bond acceptors (Lipinski definition) is 4. The minimum Gasteiger partial charge on any atom is -0.463 e. The van der Waals surface area contributed by atoms with Crippen LogP contribution in [0.1, 0.15) is 23.5 Å². The highest BCUT2D eigenvalue weighted by atomic mass is 32.2. The molecule has 1 atom stereocenters. The SMILES string of the molecule is Cc1cc(CN(C)C2CCSC2)oc1CN. The molecule has 0 bridgehead atoms. The quantitative estimate of drug-likeness (QED) is 0.874. The van der Waals surface area contributed by atoms with Gasteiger partial charge < -0.3 is 10.2 Å². The van der Waals surface area contributed by atoms with E-state index < -0.39 is 0 Å². The van der Waals surface area contributed by atoms with Crippen molar-refractivity contribution in [2.75, 3.05) is 18.6 Å². The van der Waals surface area contributed by atoms with Crippen LogP contribution < -0.4 is 5.73 Å². The lowest BCUT2D eigenvalue weighted by atomic mass is 10.2. The Hall–Kier alpha value is -0.450. The first-order chi connectivity index (χ1) is 7.70. The van der Waals surface area contributed by atoms with Crippen LogP contribution in [0.4, 0.5) is 0 Å². The molecule has 2 N–H and O–H groups in total. The maximum atomic E-state index is 5.72. The fourth-order valence-corrected chi connectivity index (χ4v) is 3.41. The van der Waals surface area contributed by atoms with Gasteiger partial charge in [0.2, 0.25) is 0 Å². The summed E-state index contributed by atoms with van der Waals surface area (Å²) in [6, 6.07) is 2.82. The third-order valence-corrected chi connectivity index (χ3v) is 4.34. The number of thioether (sulfide) groups is 1. The molecule has 2 heterocycles. The van der Waals surface area contributed by atoms with Crippen LogP contribution in [-0.4, -0.2) is 29.5 Å². The molecule has 2 rings (SSSR count). The Morgan fingerprint density at radius 2 is 2.44 bits per heavy atom. The van der Waals surface area contributed by atoms with E-state index in [9.17, 15) is 0 Å². The number of furan rings is 1. The van der Waals surface area contributed by atoms with E-state index in [-0.39, 0.29) is 0 Å². The van der Waals surface area contributed by atoms with Crippen molar-refractivity contribution in [3.63, 3.8) is 0 Å². The van der Waals surface area contributed by atoms with Gasteiger partial charge in [0.1, 0.15) is 11.5 Å². The second-order valence-corrected chi connectivity index (χ2v) is 5.61. The van der Waals surface area contributed by atoms with E-state index in [0.29, 0.717) is 12.6 Å². The molecule has 1 saturated heterocycles. The Morgan fingerprint density at radius 1 is 1.62 bits per heavy atom. The first kappa shape index (κ1) is 12.0. The fourth-order valence-electron chi connectivity index (χ4n) is 2.12. The molecule has 4 heteroatoms. The average molecular weight is 240 g/mol. The zero-order chi connectivity index (χ0) is 11.5. The largest absolute Gasteiger partial charge is 0.463 e. The normalized spacial score (nSPS) is 20.9. The van der Waals surface area contributed by atoms with Crippen LogP contribution in [0.25, 0.3) is 0 Å². The van der Waals surface area contributed by atoms with Gasteiger partial charge in [0.25, 0.3) is 0 Å². The molecule has 0 amide bonds. The predicted molar refractivity (Wildman–Crippen MR) is 68.5 cm³/mol. The molecule has 1 unspecified atom stereocenters. The van der Waals surface area contributed by atoms with Gasteiger partial charge in [-0.25, -0.2) is 0 Å². The van der Waals surface area contributed by atoms with Crippen molar-refractivity contribution in [2.24, 2.45) is 5.73 Å². The maximum absolute atomic E-state index is 5.72. The van der Waals surface area contributed by atoms with E-state index in [2.05, 4.69) is 24.9 Å². The molecule has 0 radical (unpaired) electrons. The van der Waals surface area contributed by atoms with Crippen LogP contribution in [0.15, 0.2) is 10.5 Å². The lowest BCUT2D eigenvalue weighted by Gasteiger charge is -2.21. The molecular formula is C12H20N2OS. The minimum atomic E-state index is 0.495. The molecule has 3 nitrogen and oxygen atoms in total. The molecule has 0 aromatic carbocycles. The van der Waals surface area contributed by atoms with Crippen molar-refractivity contribution in [3.8, 4) is 0 Å². The molecule has 1 aromatic heterocycles. The summed E-state index contributed by atoms with van der Waals surface area (Å²) in [7, 11) is 2.18. The molecule has 1 aliphatic heterocycles. The van der Waals surface area contributed by atoms with Gasteiger partial charge >= 0.3 is 0 Å². The van der Waals surface area contributed by atoms with Crippen LogP contribution in [-0.2, 0) is 13.1 Å². The number of rotatable bonds is 4. The van der Waals surface area contributed by atoms with Gasteiger partial charge in [-0.05, 0) is 37.8 Å². The lowest BCUT2D eigenvalue weighted by molar-refractivity contribution is 0.232. The van der Waals surface area contributed by atoms with E-state index in [1.165, 1.54) is 23.5 Å². The highest BCUT2D eigenvalue weighted by Crippen LogP contribution is 2.23. The lowest BCUT2D eigenvalue weighted by Crippen LogP contribution is -2.30. The van der Waals surface area contributed by atoms with Crippen molar-refractivity contribution in [3.05, 3.63) is 23.2 Å². The Morgan fingerprint density at radius 3 is 3.00 bits per heavy atom. The Labute approximate surface area is 101 Å². The fraction of sp³-hybridized carbons (Fsp3) is 0.667. The van der Waals surface area contributed by atoms with Gasteiger partial charge in [-0.3, -0.25) is 4.90 Å². The summed E-state index contributed by atoms with van der Waals surface area (Å²) in [6.45, 7) is 3.45. The molecule has 1 fully saturated rings. The van der Waals surface area contributed by atoms with Crippen LogP contribution in [0.5, 0.6) is 0 Å².